The van der Waals surface area contributed by atoms with Gasteiger partial charge in [0.1, 0.15) is 5.41 Å². The summed E-state index contributed by atoms with van der Waals surface area (Å²) in [6, 6.07) is 2.27. The Kier molecular flexibility index (Phi) is 6.40. The molecule has 2 aliphatic rings. The van der Waals surface area contributed by atoms with Crippen LogP contribution in [-0.2, 0) is 4.79 Å². The minimum atomic E-state index is -0.861. The largest absolute Gasteiger partial charge is 0.390 e. The molecular weight excluding hydrogens is 292 g/mol. The number of carbonyl (C=O) groups excluding carboxylic acids is 1. The van der Waals surface area contributed by atoms with Gasteiger partial charge in [-0.05, 0) is 19.9 Å². The number of carbonyl (C=O) groups is 1. The van der Waals surface area contributed by atoms with Gasteiger partial charge in [0.15, 0.2) is 0 Å². The third kappa shape index (κ3) is 4.66. The molecule has 1 saturated carbocycles. The summed E-state index contributed by atoms with van der Waals surface area (Å²) in [6.45, 7) is 4.82. The Morgan fingerprint density at radius 2 is 1.87 bits per heavy atom. The number of hydrogen-bond acceptors (Lipinski definition) is 5. The van der Waals surface area contributed by atoms with Gasteiger partial charge >= 0.3 is 0 Å². The van der Waals surface area contributed by atoms with E-state index in [9.17, 15) is 15.2 Å². The highest BCUT2D eigenvalue weighted by atomic mass is 16.3. The van der Waals surface area contributed by atoms with Gasteiger partial charge in [0.05, 0.1) is 12.2 Å². The molecule has 0 aromatic heterocycles. The van der Waals surface area contributed by atoms with E-state index in [-0.39, 0.29) is 5.91 Å². The summed E-state index contributed by atoms with van der Waals surface area (Å²) in [5.74, 6) is -0.114. The summed E-state index contributed by atoms with van der Waals surface area (Å²) in [6.07, 6.45) is 3.73. The number of rotatable bonds is 5. The Morgan fingerprint density at radius 3 is 2.43 bits per heavy atom. The lowest BCUT2D eigenvalue weighted by Crippen LogP contribution is -2.50. The van der Waals surface area contributed by atoms with Gasteiger partial charge in [-0.2, -0.15) is 5.26 Å². The molecule has 1 atom stereocenters. The van der Waals surface area contributed by atoms with Gasteiger partial charge in [0.2, 0.25) is 5.91 Å². The van der Waals surface area contributed by atoms with Gasteiger partial charge < -0.3 is 14.9 Å². The second-order valence-corrected chi connectivity index (χ2v) is 7.20. The van der Waals surface area contributed by atoms with Crippen molar-refractivity contribution in [1.82, 2.24) is 14.7 Å². The Hall–Kier alpha value is -1.16. The number of aliphatic hydroxyl groups is 1. The van der Waals surface area contributed by atoms with E-state index >= 15 is 0 Å². The number of aliphatic hydroxyl groups excluding tert-OH is 1. The standard InChI is InChI=1S/C17H30N4O2/c1-19-8-10-21(11-9-19)13-15(22)12-20(2)16(23)17(14-18)6-4-3-5-7-17/h15,22H,3-13H2,1-2H3. The van der Waals surface area contributed by atoms with E-state index in [1.807, 2.05) is 0 Å². The van der Waals surface area contributed by atoms with Crippen LogP contribution < -0.4 is 0 Å². The van der Waals surface area contributed by atoms with Crippen molar-refractivity contribution in [3.05, 3.63) is 0 Å². The van der Waals surface area contributed by atoms with Crippen LogP contribution in [0.5, 0.6) is 0 Å². The molecule has 1 unspecified atom stereocenters. The fourth-order valence-corrected chi connectivity index (χ4v) is 3.68. The molecule has 0 aromatic carbocycles. The van der Waals surface area contributed by atoms with Gasteiger partial charge in [0.25, 0.3) is 0 Å². The smallest absolute Gasteiger partial charge is 0.242 e. The van der Waals surface area contributed by atoms with E-state index in [4.69, 9.17) is 0 Å². The molecule has 0 bridgehead atoms. The van der Waals surface area contributed by atoms with E-state index < -0.39 is 11.5 Å². The quantitative estimate of drug-likeness (QED) is 0.799. The third-order valence-corrected chi connectivity index (χ3v) is 5.23. The number of amides is 1. The minimum Gasteiger partial charge on any atom is -0.390 e. The first-order chi connectivity index (χ1) is 11.0. The first-order valence-electron chi connectivity index (χ1n) is 8.72. The van der Waals surface area contributed by atoms with Crippen LogP contribution in [0.15, 0.2) is 0 Å². The molecule has 23 heavy (non-hydrogen) atoms. The highest BCUT2D eigenvalue weighted by Gasteiger charge is 2.41. The molecule has 2 rings (SSSR count). The Bertz CT molecular complexity index is 434. The van der Waals surface area contributed by atoms with Gasteiger partial charge in [-0.15, -0.1) is 0 Å². The number of likely N-dealkylation sites (N-methyl/N-ethyl adjacent to an activating group) is 2. The molecule has 1 heterocycles. The van der Waals surface area contributed by atoms with Crippen LogP contribution in [0.4, 0.5) is 0 Å². The molecule has 1 N–H and O–H groups in total. The first-order valence-corrected chi connectivity index (χ1v) is 8.72. The second-order valence-electron chi connectivity index (χ2n) is 7.20. The SMILES string of the molecule is CN1CCN(CC(O)CN(C)C(=O)C2(C#N)CCCCC2)CC1. The van der Waals surface area contributed by atoms with Crippen molar-refractivity contribution in [3.8, 4) is 6.07 Å². The topological polar surface area (TPSA) is 70.8 Å². The fourth-order valence-electron chi connectivity index (χ4n) is 3.68. The van der Waals surface area contributed by atoms with Crippen LogP contribution >= 0.6 is 0 Å². The summed E-state index contributed by atoms with van der Waals surface area (Å²) in [7, 11) is 3.81. The first kappa shape index (κ1) is 18.2. The average Bonchev–Trinajstić information content (AvgIpc) is 2.56. The van der Waals surface area contributed by atoms with E-state index in [1.165, 1.54) is 0 Å². The van der Waals surface area contributed by atoms with Crippen LogP contribution in [-0.4, -0.2) is 85.2 Å². The Morgan fingerprint density at radius 1 is 1.26 bits per heavy atom. The predicted molar refractivity (Wildman–Crippen MR) is 88.7 cm³/mol. The third-order valence-electron chi connectivity index (χ3n) is 5.23. The summed E-state index contributed by atoms with van der Waals surface area (Å²) < 4.78 is 0. The molecule has 0 spiro atoms. The number of hydrogen-bond donors (Lipinski definition) is 1. The predicted octanol–water partition coefficient (Wildman–Crippen LogP) is 0.527. The van der Waals surface area contributed by atoms with Gasteiger partial charge in [0, 0.05) is 46.3 Å². The Balaban J connectivity index is 1.84. The maximum Gasteiger partial charge on any atom is 0.242 e. The van der Waals surface area contributed by atoms with Crippen molar-refractivity contribution in [2.24, 2.45) is 5.41 Å². The van der Waals surface area contributed by atoms with E-state index in [1.54, 1.807) is 11.9 Å². The number of nitriles is 1. The van der Waals surface area contributed by atoms with Crippen LogP contribution in [0.1, 0.15) is 32.1 Å². The van der Waals surface area contributed by atoms with Crippen LogP contribution in [0.25, 0.3) is 0 Å². The molecule has 6 heteroatoms. The monoisotopic (exact) mass is 322 g/mol. The number of piperazine rings is 1. The van der Waals surface area contributed by atoms with Gasteiger partial charge in [-0.3, -0.25) is 9.69 Å². The van der Waals surface area contributed by atoms with Crippen molar-refractivity contribution >= 4 is 5.91 Å². The molecule has 2 fully saturated rings. The number of nitrogens with zero attached hydrogens (tertiary/aromatic N) is 4. The zero-order valence-corrected chi connectivity index (χ0v) is 14.5. The normalized spacial score (nSPS) is 23.9. The van der Waals surface area contributed by atoms with Crippen molar-refractivity contribution in [1.29, 1.82) is 5.26 Å². The summed E-state index contributed by atoms with van der Waals surface area (Å²) in [4.78, 5) is 18.8. The van der Waals surface area contributed by atoms with E-state index in [2.05, 4.69) is 22.9 Å². The van der Waals surface area contributed by atoms with Crippen LogP contribution in [0, 0.1) is 16.7 Å². The lowest BCUT2D eigenvalue weighted by atomic mass is 9.74. The van der Waals surface area contributed by atoms with Crippen molar-refractivity contribution < 1.29 is 9.90 Å². The van der Waals surface area contributed by atoms with Gasteiger partial charge in [-0.1, -0.05) is 19.3 Å². The zero-order valence-electron chi connectivity index (χ0n) is 14.5. The highest BCUT2D eigenvalue weighted by molar-refractivity contribution is 5.85. The molecule has 130 valence electrons. The molecule has 1 aliphatic carbocycles. The maximum absolute atomic E-state index is 12.7. The molecule has 1 aliphatic heterocycles. The zero-order chi connectivity index (χ0) is 16.9. The summed E-state index contributed by atoms with van der Waals surface area (Å²) >= 11 is 0. The lowest BCUT2D eigenvalue weighted by molar-refractivity contribution is -0.140. The lowest BCUT2D eigenvalue weighted by Gasteiger charge is -2.36. The van der Waals surface area contributed by atoms with Crippen molar-refractivity contribution in [2.75, 3.05) is 53.4 Å². The number of β-amino-alcohol motifs (C(OH)–C–C–N with tert-alkyl or cyclic N) is 1. The molecule has 1 saturated heterocycles. The minimum absolute atomic E-state index is 0.114. The van der Waals surface area contributed by atoms with Crippen LogP contribution in [0.3, 0.4) is 0 Å². The molecule has 0 aromatic rings. The Labute approximate surface area is 139 Å². The van der Waals surface area contributed by atoms with Crippen LogP contribution in [0.2, 0.25) is 0 Å². The van der Waals surface area contributed by atoms with E-state index in [0.717, 1.165) is 45.4 Å². The average molecular weight is 322 g/mol. The van der Waals surface area contributed by atoms with Crippen molar-refractivity contribution in [2.45, 2.75) is 38.2 Å². The molecular formula is C17H30N4O2. The van der Waals surface area contributed by atoms with E-state index in [0.29, 0.717) is 25.9 Å². The van der Waals surface area contributed by atoms with Crippen molar-refractivity contribution in [3.63, 3.8) is 0 Å². The highest BCUT2D eigenvalue weighted by Crippen LogP contribution is 2.37. The summed E-state index contributed by atoms with van der Waals surface area (Å²) in [5.41, 5.74) is -0.861. The van der Waals surface area contributed by atoms with Gasteiger partial charge in [-0.25, -0.2) is 0 Å². The molecule has 1 amide bonds. The molecule has 6 nitrogen and oxygen atoms in total. The molecule has 0 radical (unpaired) electrons. The summed E-state index contributed by atoms with van der Waals surface area (Å²) in [5, 5.41) is 19.8. The second kappa shape index (κ2) is 8.09. The fraction of sp³-hybridized carbons (Fsp3) is 0.882. The maximum atomic E-state index is 12.7.